The van der Waals surface area contributed by atoms with E-state index in [4.69, 9.17) is 21.1 Å². The lowest BCUT2D eigenvalue weighted by Crippen LogP contribution is -2.49. The number of benzene rings is 1. The van der Waals surface area contributed by atoms with Crippen LogP contribution in [0.5, 0.6) is 0 Å². The van der Waals surface area contributed by atoms with Crippen LogP contribution in [0, 0.1) is 5.82 Å². The first kappa shape index (κ1) is 14.2. The van der Waals surface area contributed by atoms with Crippen molar-refractivity contribution in [1.82, 2.24) is 5.32 Å². The highest BCUT2D eigenvalue weighted by molar-refractivity contribution is 6.30. The number of carbonyl (C=O) groups excluding carboxylic acids is 1. The largest absolute Gasteiger partial charge is 0.379 e. The van der Waals surface area contributed by atoms with Gasteiger partial charge in [0, 0.05) is 19.3 Å². The Morgan fingerprint density at radius 2 is 2.37 bits per heavy atom. The lowest BCUT2D eigenvalue weighted by atomic mass is 10.1. The second-order valence-corrected chi connectivity index (χ2v) is 4.75. The zero-order valence-electron chi connectivity index (χ0n) is 10.5. The summed E-state index contributed by atoms with van der Waals surface area (Å²) < 4.78 is 23.8. The molecule has 1 fully saturated rings. The maximum absolute atomic E-state index is 13.3. The van der Waals surface area contributed by atoms with Crippen LogP contribution in [-0.4, -0.2) is 38.4 Å². The Kier molecular flexibility index (Phi) is 4.74. The Bertz CT molecular complexity index is 469. The Morgan fingerprint density at radius 3 is 3.05 bits per heavy atom. The molecule has 0 unspecified atom stereocenters. The van der Waals surface area contributed by atoms with Crippen LogP contribution in [0.1, 0.15) is 16.8 Å². The normalized spacial score (nSPS) is 23.1. The number of ether oxygens (including phenoxy) is 2. The maximum atomic E-state index is 13.3. The molecule has 1 aromatic carbocycles. The van der Waals surface area contributed by atoms with E-state index >= 15 is 0 Å². The van der Waals surface area contributed by atoms with Gasteiger partial charge in [0.15, 0.2) is 0 Å². The second-order valence-electron chi connectivity index (χ2n) is 4.35. The van der Waals surface area contributed by atoms with Crippen molar-refractivity contribution in [3.63, 3.8) is 0 Å². The molecule has 1 aliphatic heterocycles. The van der Waals surface area contributed by atoms with Gasteiger partial charge in [0.05, 0.1) is 17.7 Å². The van der Waals surface area contributed by atoms with Gasteiger partial charge in [0.25, 0.3) is 5.91 Å². The molecule has 2 atom stereocenters. The van der Waals surface area contributed by atoms with Crippen LogP contribution in [0.4, 0.5) is 4.39 Å². The smallest absolute Gasteiger partial charge is 0.251 e. The highest BCUT2D eigenvalue weighted by atomic mass is 35.5. The van der Waals surface area contributed by atoms with Gasteiger partial charge in [-0.3, -0.25) is 4.79 Å². The van der Waals surface area contributed by atoms with E-state index in [1.165, 1.54) is 12.1 Å². The fourth-order valence-corrected chi connectivity index (χ4v) is 2.12. The van der Waals surface area contributed by atoms with Crippen molar-refractivity contribution in [2.45, 2.75) is 18.6 Å². The number of hydrogen-bond acceptors (Lipinski definition) is 3. The first-order valence-electron chi connectivity index (χ1n) is 5.98. The molecule has 104 valence electrons. The third-order valence-electron chi connectivity index (χ3n) is 3.11. The standard InChI is InChI=1S/C13H15ClFNO3/c1-18-12-7-19-5-4-11(12)16-13(17)8-2-3-9(14)10(15)6-8/h2-3,6,11-12H,4-5,7H2,1H3,(H,16,17)/t11-,12-/m1/s1. The van der Waals surface area contributed by atoms with Gasteiger partial charge in [-0.25, -0.2) is 4.39 Å². The van der Waals surface area contributed by atoms with Gasteiger partial charge in [-0.1, -0.05) is 11.6 Å². The zero-order valence-corrected chi connectivity index (χ0v) is 11.2. The predicted octanol–water partition coefficient (Wildman–Crippen LogP) is 2.01. The topological polar surface area (TPSA) is 47.6 Å². The van der Waals surface area contributed by atoms with Crippen LogP contribution in [0.15, 0.2) is 18.2 Å². The SMILES string of the molecule is CO[C@@H]1COCC[C@H]1NC(=O)c1ccc(Cl)c(F)c1. The second kappa shape index (κ2) is 6.32. The summed E-state index contributed by atoms with van der Waals surface area (Å²) in [5.41, 5.74) is 0.239. The summed E-state index contributed by atoms with van der Waals surface area (Å²) >= 11 is 5.58. The summed E-state index contributed by atoms with van der Waals surface area (Å²) in [6.45, 7) is 1.01. The average Bonchev–Trinajstić information content (AvgIpc) is 2.42. The maximum Gasteiger partial charge on any atom is 0.251 e. The lowest BCUT2D eigenvalue weighted by molar-refractivity contribution is -0.0479. The van der Waals surface area contributed by atoms with E-state index in [2.05, 4.69) is 5.32 Å². The van der Waals surface area contributed by atoms with Crippen LogP contribution in [0.3, 0.4) is 0 Å². The fourth-order valence-electron chi connectivity index (χ4n) is 2.00. The van der Waals surface area contributed by atoms with Gasteiger partial charge in [-0.15, -0.1) is 0 Å². The monoisotopic (exact) mass is 287 g/mol. The summed E-state index contributed by atoms with van der Waals surface area (Å²) in [7, 11) is 1.57. The lowest BCUT2D eigenvalue weighted by Gasteiger charge is -2.31. The van der Waals surface area contributed by atoms with Crippen molar-refractivity contribution in [2.24, 2.45) is 0 Å². The highest BCUT2D eigenvalue weighted by Crippen LogP contribution is 2.16. The van der Waals surface area contributed by atoms with Crippen LogP contribution < -0.4 is 5.32 Å². The molecule has 0 spiro atoms. The molecule has 0 bridgehead atoms. The first-order valence-corrected chi connectivity index (χ1v) is 6.36. The third kappa shape index (κ3) is 3.43. The molecule has 1 saturated heterocycles. The van der Waals surface area contributed by atoms with E-state index in [0.29, 0.717) is 19.6 Å². The molecule has 1 amide bonds. The molecule has 0 aliphatic carbocycles. The number of rotatable bonds is 3. The molecule has 1 heterocycles. The number of hydrogen-bond donors (Lipinski definition) is 1. The van der Waals surface area contributed by atoms with Crippen molar-refractivity contribution in [2.75, 3.05) is 20.3 Å². The van der Waals surface area contributed by atoms with Gasteiger partial charge in [-0.2, -0.15) is 0 Å². The van der Waals surface area contributed by atoms with Gasteiger partial charge in [0.2, 0.25) is 0 Å². The van der Waals surface area contributed by atoms with E-state index < -0.39 is 5.82 Å². The van der Waals surface area contributed by atoms with Crippen LogP contribution >= 0.6 is 11.6 Å². The fraction of sp³-hybridized carbons (Fsp3) is 0.462. The summed E-state index contributed by atoms with van der Waals surface area (Å²) in [6.07, 6.45) is 0.482. The van der Waals surface area contributed by atoms with Gasteiger partial charge in [0.1, 0.15) is 11.9 Å². The number of carbonyl (C=O) groups is 1. The van der Waals surface area contributed by atoms with Crippen molar-refractivity contribution < 1.29 is 18.7 Å². The van der Waals surface area contributed by atoms with Gasteiger partial charge in [-0.05, 0) is 24.6 Å². The van der Waals surface area contributed by atoms with Crippen molar-refractivity contribution >= 4 is 17.5 Å². The van der Waals surface area contributed by atoms with Crippen molar-refractivity contribution in [3.05, 3.63) is 34.6 Å². The van der Waals surface area contributed by atoms with Crippen LogP contribution in [0.25, 0.3) is 0 Å². The molecule has 0 radical (unpaired) electrons. The zero-order chi connectivity index (χ0) is 13.8. The van der Waals surface area contributed by atoms with E-state index in [1.807, 2.05) is 0 Å². The summed E-state index contributed by atoms with van der Waals surface area (Å²) in [4.78, 5) is 12.0. The van der Waals surface area contributed by atoms with E-state index in [0.717, 1.165) is 6.07 Å². The average molecular weight is 288 g/mol. The highest BCUT2D eigenvalue weighted by Gasteiger charge is 2.27. The van der Waals surface area contributed by atoms with Crippen LogP contribution in [-0.2, 0) is 9.47 Å². The molecule has 0 saturated carbocycles. The quantitative estimate of drug-likeness (QED) is 0.925. The molecule has 1 aliphatic rings. The molecule has 1 N–H and O–H groups in total. The molecule has 0 aromatic heterocycles. The number of methoxy groups -OCH3 is 1. The minimum absolute atomic E-state index is 0.00242. The Labute approximate surface area is 115 Å². The molecule has 19 heavy (non-hydrogen) atoms. The molecular formula is C13H15ClFNO3. The summed E-state index contributed by atoms with van der Waals surface area (Å²) in [5, 5.41) is 2.83. The minimum atomic E-state index is -0.607. The Hall–Kier alpha value is -1.17. The van der Waals surface area contributed by atoms with Crippen LogP contribution in [0.2, 0.25) is 5.02 Å². The molecular weight excluding hydrogens is 273 g/mol. The van der Waals surface area contributed by atoms with Crippen molar-refractivity contribution in [3.8, 4) is 0 Å². The first-order chi connectivity index (χ1) is 9.11. The summed E-state index contributed by atoms with van der Waals surface area (Å²) in [5.74, 6) is -0.950. The number of halogens is 2. The van der Waals surface area contributed by atoms with Gasteiger partial charge >= 0.3 is 0 Å². The number of amides is 1. The number of nitrogens with one attached hydrogen (secondary N) is 1. The summed E-state index contributed by atoms with van der Waals surface area (Å²) in [6, 6.07) is 3.84. The van der Waals surface area contributed by atoms with Gasteiger partial charge < -0.3 is 14.8 Å². The Morgan fingerprint density at radius 1 is 1.58 bits per heavy atom. The predicted molar refractivity (Wildman–Crippen MR) is 68.9 cm³/mol. The van der Waals surface area contributed by atoms with E-state index in [9.17, 15) is 9.18 Å². The molecule has 6 heteroatoms. The molecule has 1 aromatic rings. The molecule has 2 rings (SSSR count). The molecule has 4 nitrogen and oxygen atoms in total. The van der Waals surface area contributed by atoms with Crippen molar-refractivity contribution in [1.29, 1.82) is 0 Å². The minimum Gasteiger partial charge on any atom is -0.379 e. The third-order valence-corrected chi connectivity index (χ3v) is 3.41. The van der Waals surface area contributed by atoms with E-state index in [-0.39, 0.29) is 28.6 Å². The Balaban J connectivity index is 2.05. The van der Waals surface area contributed by atoms with E-state index in [1.54, 1.807) is 7.11 Å².